The van der Waals surface area contributed by atoms with Crippen molar-refractivity contribution in [2.75, 3.05) is 7.05 Å². The number of hydrogen-bond acceptors (Lipinski definition) is 4. The molecule has 6 heteroatoms. The largest absolute Gasteiger partial charge is 0.478 e. The number of aryl methyl sites for hydroxylation is 1. The van der Waals surface area contributed by atoms with Gasteiger partial charge in [-0.15, -0.1) is 11.3 Å². The third-order valence-electron chi connectivity index (χ3n) is 2.97. The number of rotatable bonds is 5. The molecule has 0 aliphatic heterocycles. The molecule has 1 heterocycles. The predicted octanol–water partition coefficient (Wildman–Crippen LogP) is 2.92. The molecule has 106 valence electrons. The minimum atomic E-state index is -1.25. The minimum Gasteiger partial charge on any atom is -0.478 e. The van der Waals surface area contributed by atoms with Gasteiger partial charge in [-0.2, -0.15) is 0 Å². The Bertz CT molecular complexity index is 627. The summed E-state index contributed by atoms with van der Waals surface area (Å²) in [5, 5.41) is 8.91. The number of hydrogen-bond donors (Lipinski definition) is 1. The first-order chi connectivity index (χ1) is 9.47. The number of carboxylic acids is 1. The van der Waals surface area contributed by atoms with Crippen molar-refractivity contribution >= 4 is 17.3 Å². The maximum atomic E-state index is 13.3. The number of halogens is 1. The minimum absolute atomic E-state index is 0.287. The van der Waals surface area contributed by atoms with Crippen molar-refractivity contribution in [2.45, 2.75) is 20.0 Å². The number of carboxylic acid groups (broad SMARTS) is 1. The smallest absolute Gasteiger partial charge is 0.338 e. The normalized spacial score (nSPS) is 11.0. The highest BCUT2D eigenvalue weighted by Crippen LogP contribution is 2.17. The lowest BCUT2D eigenvalue weighted by atomic mass is 10.1. The second-order valence-electron chi connectivity index (χ2n) is 4.65. The summed E-state index contributed by atoms with van der Waals surface area (Å²) in [4.78, 5) is 18.3. The van der Waals surface area contributed by atoms with Crippen molar-refractivity contribution in [1.29, 1.82) is 0 Å². The van der Waals surface area contributed by atoms with E-state index in [1.54, 1.807) is 22.9 Å². The van der Waals surface area contributed by atoms with Crippen LogP contribution in [0.4, 0.5) is 4.39 Å². The van der Waals surface area contributed by atoms with Gasteiger partial charge in [-0.1, -0.05) is 6.07 Å². The monoisotopic (exact) mass is 294 g/mol. The molecule has 2 aromatic rings. The molecule has 0 aliphatic rings. The van der Waals surface area contributed by atoms with Crippen molar-refractivity contribution in [1.82, 2.24) is 9.88 Å². The molecule has 2 rings (SSSR count). The molecular formula is C14H15FN2O2S. The summed E-state index contributed by atoms with van der Waals surface area (Å²) in [5.41, 5.74) is 3.30. The van der Waals surface area contributed by atoms with Crippen molar-refractivity contribution in [3.05, 3.63) is 51.2 Å². The van der Waals surface area contributed by atoms with Crippen LogP contribution in [0.25, 0.3) is 0 Å². The fourth-order valence-electron chi connectivity index (χ4n) is 1.93. The van der Waals surface area contributed by atoms with Crippen LogP contribution >= 0.6 is 11.3 Å². The Morgan fingerprint density at radius 2 is 2.20 bits per heavy atom. The lowest BCUT2D eigenvalue weighted by Gasteiger charge is -2.16. The van der Waals surface area contributed by atoms with E-state index in [-0.39, 0.29) is 5.56 Å². The number of thiazole rings is 1. The molecule has 0 saturated heterocycles. The van der Waals surface area contributed by atoms with Crippen LogP contribution in [-0.4, -0.2) is 28.0 Å². The summed E-state index contributed by atoms with van der Waals surface area (Å²) in [6.07, 6.45) is 0. The molecule has 0 aliphatic carbocycles. The van der Waals surface area contributed by atoms with E-state index in [0.29, 0.717) is 6.54 Å². The van der Waals surface area contributed by atoms with Gasteiger partial charge in [0.05, 0.1) is 16.8 Å². The van der Waals surface area contributed by atoms with Crippen LogP contribution in [0.15, 0.2) is 23.7 Å². The molecule has 0 amide bonds. The van der Waals surface area contributed by atoms with E-state index in [9.17, 15) is 9.18 Å². The van der Waals surface area contributed by atoms with Crippen LogP contribution < -0.4 is 0 Å². The quantitative estimate of drug-likeness (QED) is 0.921. The molecule has 0 radical (unpaired) electrons. The molecule has 1 N–H and O–H groups in total. The summed E-state index contributed by atoms with van der Waals surface area (Å²) in [7, 11) is 1.93. The molecule has 1 aromatic heterocycles. The zero-order valence-corrected chi connectivity index (χ0v) is 12.1. The second kappa shape index (κ2) is 6.11. The Morgan fingerprint density at radius 3 is 2.80 bits per heavy atom. The second-order valence-corrected chi connectivity index (χ2v) is 5.59. The van der Waals surface area contributed by atoms with Gasteiger partial charge < -0.3 is 5.11 Å². The molecule has 1 aromatic carbocycles. The third kappa shape index (κ3) is 3.40. The maximum absolute atomic E-state index is 13.3. The van der Waals surface area contributed by atoms with E-state index in [2.05, 4.69) is 4.98 Å². The van der Waals surface area contributed by atoms with E-state index >= 15 is 0 Å². The van der Waals surface area contributed by atoms with Gasteiger partial charge >= 0.3 is 5.97 Å². The van der Waals surface area contributed by atoms with E-state index in [0.717, 1.165) is 17.8 Å². The Hall–Kier alpha value is -1.79. The van der Waals surface area contributed by atoms with Crippen LogP contribution in [0, 0.1) is 12.7 Å². The zero-order chi connectivity index (χ0) is 14.7. The lowest BCUT2D eigenvalue weighted by molar-refractivity contribution is 0.0691. The number of aromatic carboxylic acids is 1. The summed E-state index contributed by atoms with van der Waals surface area (Å²) < 4.78 is 13.3. The van der Waals surface area contributed by atoms with Crippen molar-refractivity contribution in [3.8, 4) is 0 Å². The van der Waals surface area contributed by atoms with Gasteiger partial charge in [0.2, 0.25) is 0 Å². The molecule has 0 bridgehead atoms. The van der Waals surface area contributed by atoms with Gasteiger partial charge in [-0.05, 0) is 31.7 Å². The third-order valence-corrected chi connectivity index (χ3v) is 3.89. The lowest BCUT2D eigenvalue weighted by Crippen LogP contribution is -2.17. The summed E-state index contributed by atoms with van der Waals surface area (Å²) >= 11 is 1.59. The van der Waals surface area contributed by atoms with Crippen LogP contribution in [0.2, 0.25) is 0 Å². The molecule has 4 nitrogen and oxygen atoms in total. The summed E-state index contributed by atoms with van der Waals surface area (Å²) in [5.74, 6) is -1.95. The molecule has 0 spiro atoms. The zero-order valence-electron chi connectivity index (χ0n) is 11.3. The number of nitrogens with zero attached hydrogens (tertiary/aromatic N) is 2. The number of aromatic nitrogens is 1. The number of carbonyl (C=O) groups is 1. The molecule has 20 heavy (non-hydrogen) atoms. The van der Waals surface area contributed by atoms with Crippen molar-refractivity contribution < 1.29 is 14.3 Å². The van der Waals surface area contributed by atoms with E-state index in [4.69, 9.17) is 5.11 Å². The Morgan fingerprint density at radius 1 is 1.45 bits per heavy atom. The van der Waals surface area contributed by atoms with Crippen molar-refractivity contribution in [2.24, 2.45) is 0 Å². The number of benzene rings is 1. The van der Waals surface area contributed by atoms with Gasteiger partial charge in [0.25, 0.3) is 0 Å². The first kappa shape index (κ1) is 14.6. The highest BCUT2D eigenvalue weighted by Gasteiger charge is 2.12. The van der Waals surface area contributed by atoms with Crippen LogP contribution in [-0.2, 0) is 13.1 Å². The van der Waals surface area contributed by atoms with Crippen LogP contribution in [0.3, 0.4) is 0 Å². The van der Waals surface area contributed by atoms with E-state index in [1.165, 1.54) is 17.0 Å². The van der Waals surface area contributed by atoms with Gasteiger partial charge in [-0.25, -0.2) is 14.2 Å². The molecule has 0 atom stereocenters. The fourth-order valence-corrected chi connectivity index (χ4v) is 2.78. The molecule has 0 unspecified atom stereocenters. The Kier molecular flexibility index (Phi) is 4.46. The molecular weight excluding hydrogens is 279 g/mol. The van der Waals surface area contributed by atoms with E-state index < -0.39 is 11.8 Å². The SMILES string of the molecule is Cc1ncsc1CN(C)Cc1ccc(F)c(C(=O)O)c1. The standard InChI is InChI=1S/C14H15FN2O2S/c1-9-13(20-8-16-9)7-17(2)6-10-3-4-12(15)11(5-10)14(18)19/h3-5,8H,6-7H2,1-2H3,(H,18,19). The summed E-state index contributed by atoms with van der Waals surface area (Å²) in [6.45, 7) is 3.24. The summed E-state index contributed by atoms with van der Waals surface area (Å²) in [6, 6.07) is 4.19. The molecule has 0 saturated carbocycles. The average molecular weight is 294 g/mol. The highest BCUT2D eigenvalue weighted by molar-refractivity contribution is 7.09. The van der Waals surface area contributed by atoms with Gasteiger partial charge in [-0.3, -0.25) is 4.90 Å². The maximum Gasteiger partial charge on any atom is 0.338 e. The first-order valence-corrected chi connectivity index (χ1v) is 6.94. The topological polar surface area (TPSA) is 53.4 Å². The van der Waals surface area contributed by atoms with Gasteiger partial charge in [0.1, 0.15) is 5.82 Å². The van der Waals surface area contributed by atoms with Crippen LogP contribution in [0.1, 0.15) is 26.5 Å². The van der Waals surface area contributed by atoms with Gasteiger partial charge in [0.15, 0.2) is 0 Å². The Labute approximate surface area is 120 Å². The van der Waals surface area contributed by atoms with E-state index in [1.807, 2.05) is 18.9 Å². The van der Waals surface area contributed by atoms with Crippen LogP contribution in [0.5, 0.6) is 0 Å². The predicted molar refractivity (Wildman–Crippen MR) is 75.4 cm³/mol. The molecule has 0 fully saturated rings. The van der Waals surface area contributed by atoms with Gasteiger partial charge in [0, 0.05) is 18.0 Å². The highest BCUT2D eigenvalue weighted by atomic mass is 32.1. The first-order valence-electron chi connectivity index (χ1n) is 6.06. The fraction of sp³-hybridized carbons (Fsp3) is 0.286. The average Bonchev–Trinajstić information content (AvgIpc) is 2.77. The Balaban J connectivity index is 2.08. The van der Waals surface area contributed by atoms with Crippen molar-refractivity contribution in [3.63, 3.8) is 0 Å².